The van der Waals surface area contributed by atoms with Crippen molar-refractivity contribution in [1.29, 1.82) is 0 Å². The number of amides is 2. The number of halogens is 1. The number of likely N-dealkylation sites (tertiary alicyclic amines) is 1. The molecule has 1 aromatic carbocycles. The number of ether oxygens (including phenoxy) is 1. The molecule has 3 heterocycles. The van der Waals surface area contributed by atoms with Crippen molar-refractivity contribution >= 4 is 17.6 Å². The summed E-state index contributed by atoms with van der Waals surface area (Å²) in [7, 11) is 0. The van der Waals surface area contributed by atoms with Crippen molar-refractivity contribution in [3.8, 4) is 5.75 Å². The molecule has 2 aliphatic heterocycles. The van der Waals surface area contributed by atoms with Crippen LogP contribution in [0.4, 0.5) is 10.2 Å². The number of rotatable bonds is 6. The first-order valence-corrected chi connectivity index (χ1v) is 11.4. The summed E-state index contributed by atoms with van der Waals surface area (Å²) in [4.78, 5) is 38.7. The molecule has 2 fully saturated rings. The highest BCUT2D eigenvalue weighted by atomic mass is 19.1. The zero-order valence-electron chi connectivity index (χ0n) is 18.2. The third-order valence-corrected chi connectivity index (χ3v) is 6.54. The van der Waals surface area contributed by atoms with Crippen LogP contribution in [-0.4, -0.2) is 46.4 Å². The van der Waals surface area contributed by atoms with Gasteiger partial charge in [0.1, 0.15) is 5.82 Å². The van der Waals surface area contributed by atoms with Crippen molar-refractivity contribution in [2.24, 2.45) is 5.92 Å². The van der Waals surface area contributed by atoms with E-state index in [1.54, 1.807) is 17.0 Å². The number of nitrogens with zero attached hydrogens (tertiary/aromatic N) is 4. The van der Waals surface area contributed by atoms with Gasteiger partial charge in [-0.05, 0) is 57.1 Å². The molecule has 2 amide bonds. The standard InChI is InChI=1S/C24H27FN4O3/c1-15-17-12-21(30)29(13-16-9-10-16)24(17)27-23(26-15)19-7-4-5-11-28(19)22(31)14-32-20-8-3-2-6-18(20)25/h2-3,6,8,16,19H,4-5,7,9-14H2,1H3/t19-/m0/s1. The minimum atomic E-state index is -0.492. The van der Waals surface area contributed by atoms with Gasteiger partial charge in [-0.25, -0.2) is 14.4 Å². The maximum Gasteiger partial charge on any atom is 0.261 e. The van der Waals surface area contributed by atoms with E-state index < -0.39 is 5.82 Å². The number of hydrogen-bond acceptors (Lipinski definition) is 5. The summed E-state index contributed by atoms with van der Waals surface area (Å²) in [6.07, 6.45) is 5.26. The number of carbonyl (C=O) groups is 2. The molecular formula is C24H27FN4O3. The summed E-state index contributed by atoms with van der Waals surface area (Å²) in [5.41, 5.74) is 1.70. The molecule has 5 rings (SSSR count). The van der Waals surface area contributed by atoms with E-state index >= 15 is 0 Å². The van der Waals surface area contributed by atoms with Gasteiger partial charge in [0.2, 0.25) is 5.91 Å². The van der Waals surface area contributed by atoms with Gasteiger partial charge in [0.05, 0.1) is 12.5 Å². The average Bonchev–Trinajstić information content (AvgIpc) is 3.56. The van der Waals surface area contributed by atoms with Gasteiger partial charge < -0.3 is 9.64 Å². The van der Waals surface area contributed by atoms with E-state index in [9.17, 15) is 14.0 Å². The number of benzene rings is 1. The lowest BCUT2D eigenvalue weighted by molar-refractivity contribution is -0.137. The number of fused-ring (bicyclic) bond motifs is 1. The van der Waals surface area contributed by atoms with Gasteiger partial charge >= 0.3 is 0 Å². The maximum absolute atomic E-state index is 13.9. The Hall–Kier alpha value is -3.03. The minimum Gasteiger partial charge on any atom is -0.481 e. The summed E-state index contributed by atoms with van der Waals surface area (Å²) < 4.78 is 19.3. The number of para-hydroxylation sites is 1. The fourth-order valence-electron chi connectivity index (χ4n) is 4.58. The molecule has 7 nitrogen and oxygen atoms in total. The van der Waals surface area contributed by atoms with E-state index in [0.717, 1.165) is 43.4 Å². The highest BCUT2D eigenvalue weighted by Gasteiger charge is 2.37. The number of hydrogen-bond donors (Lipinski definition) is 0. The van der Waals surface area contributed by atoms with E-state index in [1.807, 2.05) is 11.8 Å². The first kappa shape index (κ1) is 20.8. The molecule has 1 aliphatic carbocycles. The predicted octanol–water partition coefficient (Wildman–Crippen LogP) is 3.36. The van der Waals surface area contributed by atoms with Crippen molar-refractivity contribution in [2.75, 3.05) is 24.6 Å². The van der Waals surface area contributed by atoms with E-state index in [2.05, 4.69) is 0 Å². The van der Waals surface area contributed by atoms with Gasteiger partial charge in [-0.2, -0.15) is 0 Å². The van der Waals surface area contributed by atoms with E-state index in [1.165, 1.54) is 12.1 Å². The summed E-state index contributed by atoms with van der Waals surface area (Å²) in [5.74, 6) is 1.29. The second-order valence-corrected chi connectivity index (χ2v) is 8.91. The Labute approximate surface area is 186 Å². The average molecular weight is 439 g/mol. The van der Waals surface area contributed by atoms with Crippen molar-refractivity contribution in [3.63, 3.8) is 0 Å². The third kappa shape index (κ3) is 4.06. The Bertz CT molecular complexity index is 1060. The normalized spacial score (nSPS) is 20.4. The van der Waals surface area contributed by atoms with Crippen molar-refractivity contribution in [1.82, 2.24) is 14.9 Å². The van der Waals surface area contributed by atoms with Crippen LogP contribution in [0.3, 0.4) is 0 Å². The van der Waals surface area contributed by atoms with Crippen LogP contribution in [0.1, 0.15) is 55.2 Å². The first-order valence-electron chi connectivity index (χ1n) is 11.4. The van der Waals surface area contributed by atoms with Crippen LogP contribution >= 0.6 is 0 Å². The van der Waals surface area contributed by atoms with Crippen molar-refractivity contribution < 1.29 is 18.7 Å². The highest BCUT2D eigenvalue weighted by Crippen LogP contribution is 2.37. The van der Waals surface area contributed by atoms with Gasteiger partial charge in [0.15, 0.2) is 24.0 Å². The lowest BCUT2D eigenvalue weighted by Crippen LogP contribution is -2.42. The third-order valence-electron chi connectivity index (χ3n) is 6.54. The second-order valence-electron chi connectivity index (χ2n) is 8.91. The van der Waals surface area contributed by atoms with Crippen LogP contribution in [0.25, 0.3) is 0 Å². The Kier molecular flexibility index (Phi) is 5.53. The lowest BCUT2D eigenvalue weighted by atomic mass is 10.0. The monoisotopic (exact) mass is 438 g/mol. The predicted molar refractivity (Wildman–Crippen MR) is 116 cm³/mol. The fraction of sp³-hybridized carbons (Fsp3) is 0.500. The molecule has 0 radical (unpaired) electrons. The molecule has 1 saturated heterocycles. The minimum absolute atomic E-state index is 0.0632. The van der Waals surface area contributed by atoms with E-state index in [4.69, 9.17) is 14.7 Å². The Morgan fingerprint density at radius 2 is 2.00 bits per heavy atom. The number of aromatic nitrogens is 2. The van der Waals surface area contributed by atoms with Crippen LogP contribution in [0.5, 0.6) is 5.75 Å². The van der Waals surface area contributed by atoms with Gasteiger partial charge in [-0.1, -0.05) is 12.1 Å². The van der Waals surface area contributed by atoms with Gasteiger partial charge in [-0.3, -0.25) is 14.5 Å². The highest BCUT2D eigenvalue weighted by molar-refractivity contribution is 6.00. The summed E-state index contributed by atoms with van der Waals surface area (Å²) in [5, 5.41) is 0. The Morgan fingerprint density at radius 1 is 1.19 bits per heavy atom. The molecule has 2 aromatic rings. The summed E-state index contributed by atoms with van der Waals surface area (Å²) in [6.45, 7) is 2.96. The fourth-order valence-corrected chi connectivity index (χ4v) is 4.58. The molecule has 0 unspecified atom stereocenters. The summed E-state index contributed by atoms with van der Waals surface area (Å²) in [6, 6.07) is 5.79. The zero-order valence-corrected chi connectivity index (χ0v) is 18.2. The second kappa shape index (κ2) is 8.48. The molecule has 1 atom stereocenters. The lowest BCUT2D eigenvalue weighted by Gasteiger charge is -2.35. The molecule has 32 heavy (non-hydrogen) atoms. The van der Waals surface area contributed by atoms with Crippen LogP contribution in [0.15, 0.2) is 24.3 Å². The molecule has 1 saturated carbocycles. The van der Waals surface area contributed by atoms with Crippen molar-refractivity contribution in [3.05, 3.63) is 47.2 Å². The quantitative estimate of drug-likeness (QED) is 0.691. The van der Waals surface area contributed by atoms with Crippen LogP contribution in [0, 0.1) is 18.7 Å². The number of carbonyl (C=O) groups excluding carboxylic acids is 2. The molecule has 168 valence electrons. The topological polar surface area (TPSA) is 75.6 Å². The smallest absolute Gasteiger partial charge is 0.261 e. The number of aryl methyl sites for hydroxylation is 1. The largest absolute Gasteiger partial charge is 0.481 e. The maximum atomic E-state index is 13.9. The SMILES string of the molecule is Cc1nc([C@@H]2CCCCN2C(=O)COc2ccccc2F)nc2c1CC(=O)N2CC1CC1. The molecule has 1 aromatic heterocycles. The van der Waals surface area contributed by atoms with Gasteiger partial charge in [0.25, 0.3) is 5.91 Å². The van der Waals surface area contributed by atoms with E-state index in [0.29, 0.717) is 37.1 Å². The van der Waals surface area contributed by atoms with E-state index in [-0.39, 0.29) is 30.2 Å². The molecular weight excluding hydrogens is 411 g/mol. The van der Waals surface area contributed by atoms with Crippen LogP contribution in [0.2, 0.25) is 0 Å². The Balaban J connectivity index is 1.37. The Morgan fingerprint density at radius 3 is 2.78 bits per heavy atom. The van der Waals surface area contributed by atoms with Crippen LogP contribution in [-0.2, 0) is 16.0 Å². The molecule has 0 spiro atoms. The van der Waals surface area contributed by atoms with Gasteiger partial charge in [0, 0.05) is 24.3 Å². The summed E-state index contributed by atoms with van der Waals surface area (Å²) >= 11 is 0. The first-order chi connectivity index (χ1) is 15.5. The molecule has 0 N–H and O–H groups in total. The van der Waals surface area contributed by atoms with Crippen molar-refractivity contribution in [2.45, 2.75) is 51.5 Å². The van der Waals surface area contributed by atoms with Gasteiger partial charge in [-0.15, -0.1) is 0 Å². The molecule has 8 heteroatoms. The molecule has 0 bridgehead atoms. The number of anilines is 1. The number of piperidine rings is 1. The van der Waals surface area contributed by atoms with Crippen LogP contribution < -0.4 is 9.64 Å². The zero-order chi connectivity index (χ0) is 22.2. The molecule has 3 aliphatic rings.